The van der Waals surface area contributed by atoms with Crippen molar-refractivity contribution >= 4 is 0 Å². The summed E-state index contributed by atoms with van der Waals surface area (Å²) in [5, 5.41) is 12.3. The largest absolute Gasteiger partial charge is 0.411 e. The first-order chi connectivity index (χ1) is 7.47. The molecule has 96 valence electrons. The van der Waals surface area contributed by atoms with Gasteiger partial charge < -0.3 is 15.2 Å². The lowest BCUT2D eigenvalue weighted by Gasteiger charge is -2.28. The number of hydrogen-bond donors (Lipinski definition) is 2. The van der Waals surface area contributed by atoms with Crippen LogP contribution in [0.25, 0.3) is 0 Å². The first-order valence-electron chi connectivity index (χ1n) is 5.48. The SMILES string of the molecule is OCC1(NCCOCC(F)(F)F)CCCC1. The third kappa shape index (κ3) is 4.67. The molecule has 1 aliphatic carbocycles. The summed E-state index contributed by atoms with van der Waals surface area (Å²) in [6, 6.07) is 0. The van der Waals surface area contributed by atoms with Crippen molar-refractivity contribution in [2.45, 2.75) is 37.4 Å². The molecule has 0 aliphatic heterocycles. The molecule has 2 N–H and O–H groups in total. The van der Waals surface area contributed by atoms with Crippen LogP contribution in [0.5, 0.6) is 0 Å². The quantitative estimate of drug-likeness (QED) is 0.692. The Morgan fingerprint density at radius 2 is 1.88 bits per heavy atom. The van der Waals surface area contributed by atoms with E-state index in [9.17, 15) is 18.3 Å². The predicted octanol–water partition coefficient (Wildman–Crippen LogP) is 1.46. The van der Waals surface area contributed by atoms with E-state index in [0.717, 1.165) is 25.7 Å². The molecule has 0 saturated heterocycles. The van der Waals surface area contributed by atoms with Gasteiger partial charge in [0.2, 0.25) is 0 Å². The fourth-order valence-electron chi connectivity index (χ4n) is 2.02. The molecule has 1 aliphatic rings. The Kier molecular flexibility index (Phi) is 5.01. The number of ether oxygens (including phenoxy) is 1. The average Bonchev–Trinajstić information content (AvgIpc) is 2.65. The van der Waals surface area contributed by atoms with Crippen molar-refractivity contribution in [3.63, 3.8) is 0 Å². The van der Waals surface area contributed by atoms with Crippen molar-refractivity contribution < 1.29 is 23.0 Å². The molecule has 0 heterocycles. The summed E-state index contributed by atoms with van der Waals surface area (Å²) in [6.07, 6.45) is -0.401. The first kappa shape index (κ1) is 13.7. The van der Waals surface area contributed by atoms with Crippen LogP contribution < -0.4 is 5.32 Å². The normalized spacial score (nSPS) is 20.2. The maximum atomic E-state index is 11.7. The van der Waals surface area contributed by atoms with E-state index in [4.69, 9.17) is 0 Å². The van der Waals surface area contributed by atoms with E-state index in [0.29, 0.717) is 6.54 Å². The van der Waals surface area contributed by atoms with Crippen molar-refractivity contribution in [2.24, 2.45) is 0 Å². The summed E-state index contributed by atoms with van der Waals surface area (Å²) in [6.45, 7) is -0.815. The van der Waals surface area contributed by atoms with Gasteiger partial charge >= 0.3 is 6.18 Å². The summed E-state index contributed by atoms with van der Waals surface area (Å²) in [5.74, 6) is 0. The fourth-order valence-corrected chi connectivity index (χ4v) is 2.02. The van der Waals surface area contributed by atoms with Gasteiger partial charge in [-0.1, -0.05) is 12.8 Å². The lowest BCUT2D eigenvalue weighted by Crippen LogP contribution is -2.47. The molecule has 0 amide bonds. The molecular formula is C10H18F3NO2. The van der Waals surface area contributed by atoms with Gasteiger partial charge in [0.1, 0.15) is 6.61 Å². The lowest BCUT2D eigenvalue weighted by molar-refractivity contribution is -0.173. The molecule has 0 aromatic carbocycles. The van der Waals surface area contributed by atoms with Crippen LogP contribution in [-0.2, 0) is 4.74 Å². The molecule has 0 spiro atoms. The molecule has 1 fully saturated rings. The summed E-state index contributed by atoms with van der Waals surface area (Å²) >= 11 is 0. The van der Waals surface area contributed by atoms with Crippen LogP contribution >= 0.6 is 0 Å². The monoisotopic (exact) mass is 241 g/mol. The van der Waals surface area contributed by atoms with Crippen LogP contribution in [0.15, 0.2) is 0 Å². The fraction of sp³-hybridized carbons (Fsp3) is 1.00. The van der Waals surface area contributed by atoms with Crippen LogP contribution in [0.2, 0.25) is 0 Å². The molecule has 6 heteroatoms. The summed E-state index contributed by atoms with van der Waals surface area (Å²) in [7, 11) is 0. The van der Waals surface area contributed by atoms with Gasteiger partial charge in [-0.15, -0.1) is 0 Å². The maximum absolute atomic E-state index is 11.7. The Labute approximate surface area is 93.0 Å². The van der Waals surface area contributed by atoms with Crippen LogP contribution in [-0.4, -0.2) is 43.2 Å². The van der Waals surface area contributed by atoms with Crippen molar-refractivity contribution in [1.82, 2.24) is 5.32 Å². The Balaban J connectivity index is 2.10. The minimum Gasteiger partial charge on any atom is -0.394 e. The highest BCUT2D eigenvalue weighted by atomic mass is 19.4. The second-order valence-corrected chi connectivity index (χ2v) is 4.24. The molecule has 0 aromatic rings. The van der Waals surface area contributed by atoms with Crippen LogP contribution in [0.4, 0.5) is 13.2 Å². The number of nitrogens with one attached hydrogen (secondary N) is 1. The molecule has 1 saturated carbocycles. The molecule has 0 radical (unpaired) electrons. The Hall–Kier alpha value is -0.330. The Bertz CT molecular complexity index is 203. The number of alkyl halides is 3. The van der Waals surface area contributed by atoms with Gasteiger partial charge in [-0.2, -0.15) is 13.2 Å². The zero-order valence-electron chi connectivity index (χ0n) is 9.15. The second kappa shape index (κ2) is 5.84. The van der Waals surface area contributed by atoms with Crippen molar-refractivity contribution in [2.75, 3.05) is 26.4 Å². The zero-order chi connectivity index (χ0) is 12.1. The van der Waals surface area contributed by atoms with E-state index in [2.05, 4.69) is 10.1 Å². The molecule has 0 aromatic heterocycles. The summed E-state index contributed by atoms with van der Waals surface area (Å²) in [4.78, 5) is 0. The highest BCUT2D eigenvalue weighted by Crippen LogP contribution is 2.28. The van der Waals surface area contributed by atoms with Crippen LogP contribution in [0, 0.1) is 0 Å². The highest BCUT2D eigenvalue weighted by molar-refractivity contribution is 4.91. The smallest absolute Gasteiger partial charge is 0.394 e. The first-order valence-corrected chi connectivity index (χ1v) is 5.48. The average molecular weight is 241 g/mol. The van der Waals surface area contributed by atoms with Crippen LogP contribution in [0.1, 0.15) is 25.7 Å². The van der Waals surface area contributed by atoms with Gasteiger partial charge in [-0.3, -0.25) is 0 Å². The van der Waals surface area contributed by atoms with Crippen LogP contribution in [0.3, 0.4) is 0 Å². The molecule has 0 bridgehead atoms. The summed E-state index contributed by atoms with van der Waals surface area (Å²) in [5.41, 5.74) is -0.290. The Morgan fingerprint density at radius 3 is 2.38 bits per heavy atom. The summed E-state index contributed by atoms with van der Waals surface area (Å²) < 4.78 is 39.7. The second-order valence-electron chi connectivity index (χ2n) is 4.24. The number of aliphatic hydroxyl groups is 1. The van der Waals surface area contributed by atoms with E-state index < -0.39 is 12.8 Å². The number of halogens is 3. The molecule has 0 atom stereocenters. The van der Waals surface area contributed by atoms with Gasteiger partial charge in [0.15, 0.2) is 0 Å². The van der Waals surface area contributed by atoms with Gasteiger partial charge in [0.25, 0.3) is 0 Å². The third-order valence-corrected chi connectivity index (χ3v) is 2.88. The van der Waals surface area contributed by atoms with E-state index in [1.807, 2.05) is 0 Å². The zero-order valence-corrected chi connectivity index (χ0v) is 9.15. The van der Waals surface area contributed by atoms with Crippen molar-refractivity contribution in [3.05, 3.63) is 0 Å². The van der Waals surface area contributed by atoms with Gasteiger partial charge in [0.05, 0.1) is 13.2 Å². The topological polar surface area (TPSA) is 41.5 Å². The van der Waals surface area contributed by atoms with Gasteiger partial charge in [-0.05, 0) is 12.8 Å². The highest BCUT2D eigenvalue weighted by Gasteiger charge is 2.32. The van der Waals surface area contributed by atoms with E-state index in [-0.39, 0.29) is 18.8 Å². The molecule has 3 nitrogen and oxygen atoms in total. The van der Waals surface area contributed by atoms with E-state index >= 15 is 0 Å². The van der Waals surface area contributed by atoms with Crippen molar-refractivity contribution in [3.8, 4) is 0 Å². The molecular weight excluding hydrogens is 223 g/mol. The van der Waals surface area contributed by atoms with E-state index in [1.54, 1.807) is 0 Å². The van der Waals surface area contributed by atoms with E-state index in [1.165, 1.54) is 0 Å². The number of hydrogen-bond acceptors (Lipinski definition) is 3. The minimum atomic E-state index is -4.26. The number of aliphatic hydroxyl groups excluding tert-OH is 1. The number of rotatable bonds is 6. The van der Waals surface area contributed by atoms with Crippen molar-refractivity contribution in [1.29, 1.82) is 0 Å². The lowest BCUT2D eigenvalue weighted by atomic mass is 9.99. The molecule has 16 heavy (non-hydrogen) atoms. The van der Waals surface area contributed by atoms with Gasteiger partial charge in [0, 0.05) is 12.1 Å². The maximum Gasteiger partial charge on any atom is 0.411 e. The van der Waals surface area contributed by atoms with Gasteiger partial charge in [-0.25, -0.2) is 0 Å². The minimum absolute atomic E-state index is 0.0151. The standard InChI is InChI=1S/C10H18F3NO2/c11-10(12,13)8-16-6-5-14-9(7-15)3-1-2-4-9/h14-15H,1-8H2. The Morgan fingerprint density at radius 1 is 1.25 bits per heavy atom. The molecule has 1 rings (SSSR count). The third-order valence-electron chi connectivity index (χ3n) is 2.88. The molecule has 0 unspecified atom stereocenters. The predicted molar refractivity (Wildman–Crippen MR) is 53.2 cm³/mol.